The Morgan fingerprint density at radius 2 is 2.06 bits per heavy atom. The Morgan fingerprint density at radius 3 is 2.69 bits per heavy atom. The molecule has 1 aliphatic heterocycles. The van der Waals surface area contributed by atoms with Crippen LogP contribution in [0.25, 0.3) is 0 Å². The fourth-order valence-electron chi connectivity index (χ4n) is 1.60. The first-order valence-electron chi connectivity index (χ1n) is 5.24. The van der Waals surface area contributed by atoms with E-state index in [1.54, 1.807) is 18.2 Å². The maximum absolute atomic E-state index is 11.7. The summed E-state index contributed by atoms with van der Waals surface area (Å²) in [5.41, 5.74) is 0. The molecule has 1 aromatic rings. The van der Waals surface area contributed by atoms with E-state index in [1.165, 1.54) is 12.1 Å². The maximum atomic E-state index is 11.7. The van der Waals surface area contributed by atoms with Crippen LogP contribution in [0.5, 0.6) is 0 Å². The van der Waals surface area contributed by atoms with E-state index in [4.69, 9.17) is 8.92 Å². The second kappa shape index (κ2) is 4.95. The second-order valence-corrected chi connectivity index (χ2v) is 5.30. The third-order valence-corrected chi connectivity index (χ3v) is 3.76. The number of hydrogen-bond donors (Lipinski definition) is 0. The molecule has 5 heteroatoms. The van der Waals surface area contributed by atoms with Gasteiger partial charge in [-0.25, -0.2) is 0 Å². The maximum Gasteiger partial charge on any atom is 0.297 e. The van der Waals surface area contributed by atoms with Crippen LogP contribution in [0.4, 0.5) is 0 Å². The van der Waals surface area contributed by atoms with Crippen molar-refractivity contribution in [3.63, 3.8) is 0 Å². The van der Waals surface area contributed by atoms with Crippen molar-refractivity contribution in [2.24, 2.45) is 0 Å². The van der Waals surface area contributed by atoms with Crippen molar-refractivity contribution >= 4 is 10.1 Å². The van der Waals surface area contributed by atoms with E-state index in [2.05, 4.69) is 0 Å². The Balaban J connectivity index is 1.98. The fraction of sp³-hybridized carbons (Fsp3) is 0.455. The van der Waals surface area contributed by atoms with Gasteiger partial charge in [0.15, 0.2) is 0 Å². The van der Waals surface area contributed by atoms with Gasteiger partial charge in [-0.3, -0.25) is 4.18 Å². The summed E-state index contributed by atoms with van der Waals surface area (Å²) < 4.78 is 33.7. The van der Waals surface area contributed by atoms with Gasteiger partial charge in [0.25, 0.3) is 10.1 Å². The third kappa shape index (κ3) is 2.81. The van der Waals surface area contributed by atoms with Crippen LogP contribution in [0.1, 0.15) is 12.8 Å². The SMILES string of the molecule is O=S(=O)(OCC1CCCO1)c1ccccc1. The molecule has 88 valence electrons. The molecule has 0 amide bonds. The summed E-state index contributed by atoms with van der Waals surface area (Å²) in [6, 6.07) is 8.14. The summed E-state index contributed by atoms with van der Waals surface area (Å²) in [7, 11) is -3.63. The van der Waals surface area contributed by atoms with Gasteiger partial charge >= 0.3 is 0 Å². The molecule has 4 nitrogen and oxygen atoms in total. The topological polar surface area (TPSA) is 52.6 Å². The van der Waals surface area contributed by atoms with E-state index in [9.17, 15) is 8.42 Å². The summed E-state index contributed by atoms with van der Waals surface area (Å²) in [6.07, 6.45) is 1.75. The average molecular weight is 242 g/mol. The minimum absolute atomic E-state index is 0.0847. The van der Waals surface area contributed by atoms with Gasteiger partial charge in [0.05, 0.1) is 17.6 Å². The Morgan fingerprint density at radius 1 is 1.31 bits per heavy atom. The lowest BCUT2D eigenvalue weighted by Gasteiger charge is -2.10. The van der Waals surface area contributed by atoms with E-state index in [0.717, 1.165) is 12.8 Å². The van der Waals surface area contributed by atoms with E-state index in [-0.39, 0.29) is 17.6 Å². The molecule has 1 saturated heterocycles. The predicted octanol–water partition coefficient (Wildman–Crippen LogP) is 1.57. The van der Waals surface area contributed by atoms with Gasteiger partial charge in [0.2, 0.25) is 0 Å². The minimum Gasteiger partial charge on any atom is -0.376 e. The summed E-state index contributed by atoms with van der Waals surface area (Å²) in [5.74, 6) is 0. The molecule has 0 aromatic heterocycles. The molecule has 0 radical (unpaired) electrons. The molecule has 1 aliphatic rings. The molecule has 1 atom stereocenters. The van der Waals surface area contributed by atoms with Gasteiger partial charge in [-0.2, -0.15) is 8.42 Å². The Kier molecular flexibility index (Phi) is 3.58. The Bertz CT molecular complexity index is 421. The zero-order valence-corrected chi connectivity index (χ0v) is 9.65. The molecule has 1 heterocycles. The lowest BCUT2D eigenvalue weighted by Crippen LogP contribution is -2.18. The van der Waals surface area contributed by atoms with Gasteiger partial charge in [-0.1, -0.05) is 18.2 Å². The highest BCUT2D eigenvalue weighted by molar-refractivity contribution is 7.86. The number of rotatable bonds is 4. The molecular formula is C11H14O4S. The van der Waals surface area contributed by atoms with Crippen LogP contribution < -0.4 is 0 Å². The van der Waals surface area contributed by atoms with Crippen LogP contribution in [0.2, 0.25) is 0 Å². The summed E-state index contributed by atoms with van der Waals surface area (Å²) >= 11 is 0. The zero-order chi connectivity index (χ0) is 11.4. The molecule has 0 aliphatic carbocycles. The molecule has 1 unspecified atom stereocenters. The van der Waals surface area contributed by atoms with E-state index < -0.39 is 10.1 Å². The minimum atomic E-state index is -3.63. The molecule has 0 spiro atoms. The van der Waals surface area contributed by atoms with Crippen LogP contribution in [0.3, 0.4) is 0 Å². The molecule has 0 N–H and O–H groups in total. The predicted molar refractivity (Wildman–Crippen MR) is 58.6 cm³/mol. The van der Waals surface area contributed by atoms with Crippen molar-refractivity contribution in [2.75, 3.05) is 13.2 Å². The van der Waals surface area contributed by atoms with Crippen molar-refractivity contribution in [1.29, 1.82) is 0 Å². The van der Waals surface area contributed by atoms with Crippen molar-refractivity contribution < 1.29 is 17.3 Å². The highest BCUT2D eigenvalue weighted by atomic mass is 32.2. The number of ether oxygens (including phenoxy) is 1. The first kappa shape index (κ1) is 11.6. The first-order chi connectivity index (χ1) is 7.68. The molecule has 1 aromatic carbocycles. The fourth-order valence-corrected chi connectivity index (χ4v) is 2.55. The lowest BCUT2D eigenvalue weighted by atomic mass is 10.2. The number of benzene rings is 1. The van der Waals surface area contributed by atoms with Gasteiger partial charge < -0.3 is 4.74 Å². The smallest absolute Gasteiger partial charge is 0.297 e. The summed E-state index contributed by atoms with van der Waals surface area (Å²) in [4.78, 5) is 0.188. The van der Waals surface area contributed by atoms with Gasteiger partial charge in [0, 0.05) is 6.61 Å². The normalized spacial score (nSPS) is 21.1. The van der Waals surface area contributed by atoms with E-state index >= 15 is 0 Å². The van der Waals surface area contributed by atoms with Crippen LogP contribution in [-0.2, 0) is 19.0 Å². The van der Waals surface area contributed by atoms with Crippen LogP contribution in [-0.4, -0.2) is 27.7 Å². The van der Waals surface area contributed by atoms with Crippen molar-refractivity contribution in [1.82, 2.24) is 0 Å². The molecule has 1 fully saturated rings. The molecule has 16 heavy (non-hydrogen) atoms. The average Bonchev–Trinajstić information content (AvgIpc) is 2.81. The van der Waals surface area contributed by atoms with Gasteiger partial charge in [-0.15, -0.1) is 0 Å². The highest BCUT2D eigenvalue weighted by Gasteiger charge is 2.21. The van der Waals surface area contributed by atoms with Crippen LogP contribution in [0.15, 0.2) is 35.2 Å². The summed E-state index contributed by atoms with van der Waals surface area (Å²) in [5, 5.41) is 0. The van der Waals surface area contributed by atoms with Crippen molar-refractivity contribution in [3.05, 3.63) is 30.3 Å². The first-order valence-corrected chi connectivity index (χ1v) is 6.65. The van der Waals surface area contributed by atoms with Crippen LogP contribution in [0, 0.1) is 0 Å². The van der Waals surface area contributed by atoms with E-state index in [0.29, 0.717) is 6.61 Å². The van der Waals surface area contributed by atoms with Crippen LogP contribution >= 0.6 is 0 Å². The Labute approximate surface area is 95.3 Å². The molecule has 0 bridgehead atoms. The molecule has 2 rings (SSSR count). The largest absolute Gasteiger partial charge is 0.376 e. The second-order valence-electron chi connectivity index (χ2n) is 3.69. The standard InChI is InChI=1S/C11H14O4S/c12-16(13,11-6-2-1-3-7-11)15-9-10-5-4-8-14-10/h1-3,6-7,10H,4-5,8-9H2. The lowest BCUT2D eigenvalue weighted by molar-refractivity contribution is 0.0701. The number of hydrogen-bond acceptors (Lipinski definition) is 4. The molecule has 0 saturated carbocycles. The van der Waals surface area contributed by atoms with Gasteiger partial charge in [0.1, 0.15) is 0 Å². The van der Waals surface area contributed by atoms with Crippen molar-refractivity contribution in [3.8, 4) is 0 Å². The molecular weight excluding hydrogens is 228 g/mol. The quantitative estimate of drug-likeness (QED) is 0.752. The zero-order valence-electron chi connectivity index (χ0n) is 8.83. The van der Waals surface area contributed by atoms with Crippen molar-refractivity contribution in [2.45, 2.75) is 23.8 Å². The van der Waals surface area contributed by atoms with Gasteiger partial charge in [-0.05, 0) is 25.0 Å². The highest BCUT2D eigenvalue weighted by Crippen LogP contribution is 2.16. The third-order valence-electron chi connectivity index (χ3n) is 2.46. The summed E-state index contributed by atoms with van der Waals surface area (Å²) in [6.45, 7) is 0.802. The van der Waals surface area contributed by atoms with E-state index in [1.807, 2.05) is 0 Å². The Hall–Kier alpha value is -0.910. The monoisotopic (exact) mass is 242 g/mol.